The first-order valence-corrected chi connectivity index (χ1v) is 7.44. The van der Waals surface area contributed by atoms with Gasteiger partial charge >= 0.3 is 5.97 Å². The van der Waals surface area contributed by atoms with Gasteiger partial charge in [0.25, 0.3) is 0 Å². The Morgan fingerprint density at radius 1 is 1.50 bits per heavy atom. The molecule has 1 aromatic rings. The monoisotopic (exact) mass is 284 g/mol. The molecule has 1 aliphatic carbocycles. The van der Waals surface area contributed by atoms with E-state index in [1.165, 1.54) is 11.8 Å². The van der Waals surface area contributed by atoms with Crippen LogP contribution in [0.2, 0.25) is 5.02 Å². The van der Waals surface area contributed by atoms with Crippen molar-refractivity contribution >= 4 is 29.3 Å². The average Bonchev–Trinajstić information content (AvgIpc) is 2.28. The molecule has 2 rings (SSSR count). The Bertz CT molecular complexity index is 441. The highest BCUT2D eigenvalue weighted by molar-refractivity contribution is 8.01. The molecular weight excluding hydrogens is 268 g/mol. The Morgan fingerprint density at radius 3 is 2.72 bits per heavy atom. The van der Waals surface area contributed by atoms with Gasteiger partial charge in [0.1, 0.15) is 4.75 Å². The van der Waals surface area contributed by atoms with E-state index in [1.807, 2.05) is 24.3 Å². The second-order valence-corrected chi connectivity index (χ2v) is 6.73. The number of thioether (sulfide) groups is 1. The summed E-state index contributed by atoms with van der Waals surface area (Å²) < 4.78 is -0.662. The standard InChI is InChI=1S/C14H17ClO2S/c1-2-5-10-8-14(9-10,13(16)17)18-12-7-4-3-6-11(12)15/h3-4,6-7,10H,2,5,8-9H2,1H3,(H,16,17). The zero-order valence-corrected chi connectivity index (χ0v) is 11.9. The van der Waals surface area contributed by atoms with Gasteiger partial charge in [-0.2, -0.15) is 0 Å². The predicted octanol–water partition coefficient (Wildman–Crippen LogP) is 4.47. The third-order valence-electron chi connectivity index (χ3n) is 3.47. The Morgan fingerprint density at radius 2 is 2.17 bits per heavy atom. The number of carboxylic acids is 1. The summed E-state index contributed by atoms with van der Waals surface area (Å²) in [5.74, 6) is -0.152. The van der Waals surface area contributed by atoms with Crippen molar-refractivity contribution in [1.29, 1.82) is 0 Å². The van der Waals surface area contributed by atoms with Crippen LogP contribution in [0.5, 0.6) is 0 Å². The van der Waals surface area contributed by atoms with Crippen LogP contribution in [0.1, 0.15) is 32.6 Å². The van der Waals surface area contributed by atoms with Crippen molar-refractivity contribution in [3.8, 4) is 0 Å². The van der Waals surface area contributed by atoms with Crippen molar-refractivity contribution in [2.45, 2.75) is 42.2 Å². The fourth-order valence-corrected chi connectivity index (χ4v) is 4.23. The number of carboxylic acid groups (broad SMARTS) is 1. The Kier molecular flexibility index (Phi) is 4.23. The minimum Gasteiger partial charge on any atom is -0.480 e. The summed E-state index contributed by atoms with van der Waals surface area (Å²) in [5, 5.41) is 10.1. The van der Waals surface area contributed by atoms with Crippen molar-refractivity contribution in [1.82, 2.24) is 0 Å². The molecule has 2 nitrogen and oxygen atoms in total. The van der Waals surface area contributed by atoms with Gasteiger partial charge in [0.15, 0.2) is 0 Å². The van der Waals surface area contributed by atoms with Crippen LogP contribution in [0.4, 0.5) is 0 Å². The molecule has 0 heterocycles. The first-order valence-electron chi connectivity index (χ1n) is 6.24. The molecule has 1 N–H and O–H groups in total. The summed E-state index contributed by atoms with van der Waals surface area (Å²) in [6.07, 6.45) is 3.76. The first-order chi connectivity index (χ1) is 8.57. The lowest BCUT2D eigenvalue weighted by molar-refractivity contribution is -0.143. The summed E-state index contributed by atoms with van der Waals surface area (Å²) in [6, 6.07) is 7.46. The first kappa shape index (κ1) is 13.8. The van der Waals surface area contributed by atoms with Crippen LogP contribution in [-0.4, -0.2) is 15.8 Å². The molecule has 1 saturated carbocycles. The molecule has 0 radical (unpaired) electrons. The van der Waals surface area contributed by atoms with Crippen LogP contribution < -0.4 is 0 Å². The summed E-state index contributed by atoms with van der Waals surface area (Å²) in [7, 11) is 0. The molecule has 98 valence electrons. The minimum absolute atomic E-state index is 0.557. The Hall–Kier alpha value is -0.670. The van der Waals surface area contributed by atoms with Gasteiger partial charge in [-0.05, 0) is 30.9 Å². The molecule has 1 aromatic carbocycles. The van der Waals surface area contributed by atoms with Crippen LogP contribution in [0.15, 0.2) is 29.2 Å². The number of aliphatic carboxylic acids is 1. The van der Waals surface area contributed by atoms with Crippen molar-refractivity contribution < 1.29 is 9.90 Å². The predicted molar refractivity (Wildman–Crippen MR) is 75.3 cm³/mol. The fraction of sp³-hybridized carbons (Fsp3) is 0.500. The number of carbonyl (C=O) groups is 1. The van der Waals surface area contributed by atoms with E-state index in [4.69, 9.17) is 11.6 Å². The number of hydrogen-bond acceptors (Lipinski definition) is 2. The molecule has 0 spiro atoms. The van der Waals surface area contributed by atoms with E-state index in [2.05, 4.69) is 6.92 Å². The van der Waals surface area contributed by atoms with Gasteiger partial charge < -0.3 is 5.11 Å². The summed E-state index contributed by atoms with van der Waals surface area (Å²) in [4.78, 5) is 12.4. The molecule has 0 aliphatic heterocycles. The smallest absolute Gasteiger partial charge is 0.320 e. The van der Waals surface area contributed by atoms with Gasteiger partial charge in [-0.1, -0.05) is 43.5 Å². The van der Waals surface area contributed by atoms with Crippen molar-refractivity contribution in [2.24, 2.45) is 5.92 Å². The molecule has 0 amide bonds. The molecule has 18 heavy (non-hydrogen) atoms. The van der Waals surface area contributed by atoms with Gasteiger partial charge in [0.2, 0.25) is 0 Å². The van der Waals surface area contributed by atoms with E-state index in [9.17, 15) is 9.90 Å². The summed E-state index contributed by atoms with van der Waals surface area (Å²) in [5.41, 5.74) is 0. The lowest BCUT2D eigenvalue weighted by Crippen LogP contribution is -2.47. The second kappa shape index (κ2) is 5.54. The topological polar surface area (TPSA) is 37.3 Å². The quantitative estimate of drug-likeness (QED) is 0.867. The highest BCUT2D eigenvalue weighted by Crippen LogP contribution is 2.53. The lowest BCUT2D eigenvalue weighted by Gasteiger charge is -2.44. The van der Waals surface area contributed by atoms with Crippen LogP contribution in [0.25, 0.3) is 0 Å². The van der Waals surface area contributed by atoms with E-state index in [1.54, 1.807) is 0 Å². The molecule has 4 heteroatoms. The van der Waals surface area contributed by atoms with Crippen molar-refractivity contribution in [3.05, 3.63) is 29.3 Å². The van der Waals surface area contributed by atoms with Crippen molar-refractivity contribution in [2.75, 3.05) is 0 Å². The third kappa shape index (κ3) is 2.67. The van der Waals surface area contributed by atoms with Crippen LogP contribution in [0, 0.1) is 5.92 Å². The molecule has 0 aromatic heterocycles. The summed E-state index contributed by atoms with van der Waals surface area (Å²) in [6.45, 7) is 2.14. The SMILES string of the molecule is CCCC1CC(Sc2ccccc2Cl)(C(=O)O)C1. The number of benzene rings is 1. The van der Waals surface area contributed by atoms with E-state index < -0.39 is 10.7 Å². The maximum absolute atomic E-state index is 11.5. The number of halogens is 1. The highest BCUT2D eigenvalue weighted by Gasteiger charge is 2.51. The molecule has 0 unspecified atom stereocenters. The zero-order valence-electron chi connectivity index (χ0n) is 10.4. The Labute approximate surface area is 117 Å². The molecule has 1 fully saturated rings. The van der Waals surface area contributed by atoms with Gasteiger partial charge in [-0.15, -0.1) is 11.8 Å². The normalized spacial score (nSPS) is 26.7. The van der Waals surface area contributed by atoms with E-state index in [0.717, 1.165) is 30.6 Å². The molecule has 0 atom stereocenters. The lowest BCUT2D eigenvalue weighted by atomic mass is 9.72. The van der Waals surface area contributed by atoms with Gasteiger partial charge in [0, 0.05) is 4.90 Å². The van der Waals surface area contributed by atoms with Gasteiger partial charge in [0.05, 0.1) is 5.02 Å². The maximum Gasteiger partial charge on any atom is 0.320 e. The second-order valence-electron chi connectivity index (χ2n) is 4.89. The van der Waals surface area contributed by atoms with E-state index in [-0.39, 0.29) is 0 Å². The third-order valence-corrected chi connectivity index (χ3v) is 5.38. The molecule has 0 saturated heterocycles. The molecule has 1 aliphatic rings. The summed E-state index contributed by atoms with van der Waals surface area (Å²) >= 11 is 7.51. The minimum atomic E-state index is -0.709. The van der Waals surface area contributed by atoms with E-state index >= 15 is 0 Å². The maximum atomic E-state index is 11.5. The van der Waals surface area contributed by atoms with Crippen LogP contribution in [-0.2, 0) is 4.79 Å². The number of rotatable bonds is 5. The largest absolute Gasteiger partial charge is 0.480 e. The zero-order chi connectivity index (χ0) is 13.2. The van der Waals surface area contributed by atoms with Crippen molar-refractivity contribution in [3.63, 3.8) is 0 Å². The van der Waals surface area contributed by atoms with Gasteiger partial charge in [-0.25, -0.2) is 0 Å². The van der Waals surface area contributed by atoms with E-state index in [0.29, 0.717) is 10.9 Å². The molecular formula is C14H17ClO2S. The molecule has 0 bridgehead atoms. The van der Waals surface area contributed by atoms with Crippen LogP contribution in [0.3, 0.4) is 0 Å². The van der Waals surface area contributed by atoms with Gasteiger partial charge in [-0.3, -0.25) is 4.79 Å². The number of hydrogen-bond donors (Lipinski definition) is 1. The Balaban J connectivity index is 2.10. The van der Waals surface area contributed by atoms with Crippen LogP contribution >= 0.6 is 23.4 Å². The fourth-order valence-electron chi connectivity index (χ4n) is 2.52. The highest BCUT2D eigenvalue weighted by atomic mass is 35.5. The average molecular weight is 285 g/mol.